The number of halogens is 1. The van der Waals surface area contributed by atoms with Crippen molar-refractivity contribution in [2.45, 2.75) is 19.3 Å². The van der Waals surface area contributed by atoms with E-state index in [1.807, 2.05) is 25.1 Å². The molecule has 2 aromatic carbocycles. The molecule has 1 aliphatic rings. The molecule has 0 aliphatic heterocycles. The van der Waals surface area contributed by atoms with Crippen molar-refractivity contribution in [1.29, 1.82) is 0 Å². The van der Waals surface area contributed by atoms with E-state index in [1.54, 1.807) is 0 Å². The first kappa shape index (κ1) is 13.4. The smallest absolute Gasteiger partial charge is 0.252 e. The maximum atomic E-state index is 12.2. The number of amides is 1. The fourth-order valence-corrected chi connectivity index (χ4v) is 3.12. The summed E-state index contributed by atoms with van der Waals surface area (Å²) in [4.78, 5) is 12.2. The molecular weight excluding hydrogens is 314 g/mol. The van der Waals surface area contributed by atoms with Gasteiger partial charge in [-0.15, -0.1) is 0 Å². The lowest BCUT2D eigenvalue weighted by Gasteiger charge is -2.30. The molecule has 0 aromatic heterocycles. The molecule has 1 aliphatic carbocycles. The molecule has 0 bridgehead atoms. The second kappa shape index (κ2) is 5.41. The van der Waals surface area contributed by atoms with Crippen LogP contribution in [0.1, 0.15) is 33.0 Å². The first-order valence-electron chi connectivity index (χ1n) is 6.78. The zero-order chi connectivity index (χ0) is 14.1. The molecule has 0 saturated heterocycles. The average Bonchev–Trinajstić information content (AvgIpc) is 2.42. The molecule has 0 spiro atoms. The summed E-state index contributed by atoms with van der Waals surface area (Å²) in [6.45, 7) is 2.69. The first-order chi connectivity index (χ1) is 9.66. The lowest BCUT2D eigenvalue weighted by Crippen LogP contribution is -2.33. The van der Waals surface area contributed by atoms with Gasteiger partial charge < -0.3 is 5.32 Å². The van der Waals surface area contributed by atoms with E-state index in [4.69, 9.17) is 0 Å². The van der Waals surface area contributed by atoms with Crippen molar-refractivity contribution in [1.82, 2.24) is 5.32 Å². The third-order valence-electron chi connectivity index (χ3n) is 3.91. The molecule has 3 rings (SSSR count). The zero-order valence-electron chi connectivity index (χ0n) is 11.3. The van der Waals surface area contributed by atoms with Crippen molar-refractivity contribution < 1.29 is 4.79 Å². The SMILES string of the molecule is Cc1cccc(C(=O)NCC2Cc3ccccc32)c1Br. The third kappa shape index (κ3) is 2.38. The number of nitrogens with one attached hydrogen (secondary N) is 1. The van der Waals surface area contributed by atoms with Crippen molar-refractivity contribution in [3.8, 4) is 0 Å². The largest absolute Gasteiger partial charge is 0.351 e. The van der Waals surface area contributed by atoms with Crippen molar-refractivity contribution >= 4 is 21.8 Å². The highest BCUT2D eigenvalue weighted by Gasteiger charge is 2.25. The van der Waals surface area contributed by atoms with Crippen molar-refractivity contribution in [3.05, 3.63) is 69.2 Å². The van der Waals surface area contributed by atoms with Crippen LogP contribution in [0, 0.1) is 6.92 Å². The van der Waals surface area contributed by atoms with Gasteiger partial charge in [0, 0.05) is 16.9 Å². The van der Waals surface area contributed by atoms with Gasteiger partial charge in [-0.2, -0.15) is 0 Å². The molecule has 1 amide bonds. The van der Waals surface area contributed by atoms with Crippen LogP contribution in [0.15, 0.2) is 46.9 Å². The highest BCUT2D eigenvalue weighted by molar-refractivity contribution is 9.10. The quantitative estimate of drug-likeness (QED) is 0.911. The van der Waals surface area contributed by atoms with Crippen LogP contribution in [0.5, 0.6) is 0 Å². The molecule has 1 unspecified atom stereocenters. The molecule has 102 valence electrons. The second-order valence-electron chi connectivity index (χ2n) is 5.25. The lowest BCUT2D eigenvalue weighted by molar-refractivity contribution is 0.0949. The van der Waals surface area contributed by atoms with Gasteiger partial charge >= 0.3 is 0 Å². The number of hydrogen-bond acceptors (Lipinski definition) is 1. The maximum Gasteiger partial charge on any atom is 0.252 e. The maximum absolute atomic E-state index is 12.2. The normalized spacial score (nSPS) is 16.2. The van der Waals surface area contributed by atoms with Crippen LogP contribution in [-0.2, 0) is 6.42 Å². The first-order valence-corrected chi connectivity index (χ1v) is 7.57. The Balaban J connectivity index is 1.65. The van der Waals surface area contributed by atoms with E-state index in [0.29, 0.717) is 18.0 Å². The minimum atomic E-state index is -0.00930. The summed E-state index contributed by atoms with van der Waals surface area (Å²) in [6.07, 6.45) is 1.06. The number of benzene rings is 2. The Morgan fingerprint density at radius 1 is 1.25 bits per heavy atom. The van der Waals surface area contributed by atoms with E-state index in [2.05, 4.69) is 45.5 Å². The van der Waals surface area contributed by atoms with E-state index in [1.165, 1.54) is 11.1 Å². The molecule has 0 saturated carbocycles. The van der Waals surface area contributed by atoms with Gasteiger partial charge in [0.15, 0.2) is 0 Å². The molecule has 0 radical (unpaired) electrons. The van der Waals surface area contributed by atoms with Crippen LogP contribution in [0.4, 0.5) is 0 Å². The monoisotopic (exact) mass is 329 g/mol. The molecule has 3 heteroatoms. The Labute approximate surface area is 127 Å². The third-order valence-corrected chi connectivity index (χ3v) is 4.96. The van der Waals surface area contributed by atoms with E-state index >= 15 is 0 Å². The molecule has 1 atom stereocenters. The average molecular weight is 330 g/mol. The highest BCUT2D eigenvalue weighted by Crippen LogP contribution is 2.34. The van der Waals surface area contributed by atoms with Gasteiger partial charge in [-0.1, -0.05) is 36.4 Å². The molecule has 1 N–H and O–H groups in total. The Bertz CT molecular complexity index is 666. The Hall–Kier alpha value is -1.61. The fraction of sp³-hybridized carbons (Fsp3) is 0.235. The Kier molecular flexibility index (Phi) is 3.62. The Morgan fingerprint density at radius 2 is 2.05 bits per heavy atom. The van der Waals surface area contributed by atoms with Crippen LogP contribution < -0.4 is 5.32 Å². The van der Waals surface area contributed by atoms with E-state index in [9.17, 15) is 4.79 Å². The number of aryl methyl sites for hydroxylation is 1. The number of carbonyl (C=O) groups is 1. The summed E-state index contributed by atoms with van der Waals surface area (Å²) >= 11 is 3.48. The zero-order valence-corrected chi connectivity index (χ0v) is 12.9. The van der Waals surface area contributed by atoms with E-state index in [-0.39, 0.29) is 5.91 Å². The fourth-order valence-electron chi connectivity index (χ4n) is 2.68. The second-order valence-corrected chi connectivity index (χ2v) is 6.04. The van der Waals surface area contributed by atoms with Crippen LogP contribution >= 0.6 is 15.9 Å². The highest BCUT2D eigenvalue weighted by atomic mass is 79.9. The predicted octanol–water partition coefficient (Wildman–Crippen LogP) is 3.83. The summed E-state index contributed by atoms with van der Waals surface area (Å²) in [5.41, 5.74) is 4.56. The minimum absolute atomic E-state index is 0.00930. The topological polar surface area (TPSA) is 29.1 Å². The molecule has 20 heavy (non-hydrogen) atoms. The van der Waals surface area contributed by atoms with Crippen LogP contribution in [0.2, 0.25) is 0 Å². The van der Waals surface area contributed by atoms with Gasteiger partial charge in [-0.05, 0) is 52.0 Å². The van der Waals surface area contributed by atoms with Crippen LogP contribution in [-0.4, -0.2) is 12.5 Å². The molecule has 0 fully saturated rings. The minimum Gasteiger partial charge on any atom is -0.351 e. The number of fused-ring (bicyclic) bond motifs is 1. The molecular formula is C17H16BrNO. The number of carbonyl (C=O) groups excluding carboxylic acids is 1. The summed E-state index contributed by atoms with van der Waals surface area (Å²) in [5, 5.41) is 3.04. The van der Waals surface area contributed by atoms with Gasteiger partial charge in [0.25, 0.3) is 5.91 Å². The van der Waals surface area contributed by atoms with E-state index < -0.39 is 0 Å². The summed E-state index contributed by atoms with van der Waals surface area (Å²) in [6, 6.07) is 14.2. The van der Waals surface area contributed by atoms with Crippen molar-refractivity contribution in [2.24, 2.45) is 0 Å². The van der Waals surface area contributed by atoms with E-state index in [0.717, 1.165) is 16.5 Å². The molecule has 2 nitrogen and oxygen atoms in total. The number of hydrogen-bond donors (Lipinski definition) is 1. The summed E-state index contributed by atoms with van der Waals surface area (Å²) in [5.74, 6) is 0.448. The van der Waals surface area contributed by atoms with Gasteiger partial charge in [0.2, 0.25) is 0 Å². The standard InChI is InChI=1S/C17H16BrNO/c1-11-5-4-8-15(16(11)18)17(20)19-10-13-9-12-6-2-3-7-14(12)13/h2-8,13H,9-10H2,1H3,(H,19,20). The van der Waals surface area contributed by atoms with Gasteiger partial charge in [-0.3, -0.25) is 4.79 Å². The molecule has 2 aromatic rings. The summed E-state index contributed by atoms with van der Waals surface area (Å²) in [7, 11) is 0. The van der Waals surface area contributed by atoms with Crippen molar-refractivity contribution in [3.63, 3.8) is 0 Å². The Morgan fingerprint density at radius 3 is 2.85 bits per heavy atom. The van der Waals surface area contributed by atoms with Gasteiger partial charge in [-0.25, -0.2) is 0 Å². The van der Waals surface area contributed by atoms with Crippen LogP contribution in [0.3, 0.4) is 0 Å². The molecule has 0 heterocycles. The van der Waals surface area contributed by atoms with Crippen molar-refractivity contribution in [2.75, 3.05) is 6.54 Å². The van der Waals surface area contributed by atoms with Gasteiger partial charge in [0.1, 0.15) is 0 Å². The number of rotatable bonds is 3. The lowest BCUT2D eigenvalue weighted by atomic mass is 9.77. The van der Waals surface area contributed by atoms with Gasteiger partial charge in [0.05, 0.1) is 5.56 Å². The predicted molar refractivity (Wildman–Crippen MR) is 84.1 cm³/mol. The summed E-state index contributed by atoms with van der Waals surface area (Å²) < 4.78 is 0.881. The van der Waals surface area contributed by atoms with Crippen LogP contribution in [0.25, 0.3) is 0 Å².